The summed E-state index contributed by atoms with van der Waals surface area (Å²) in [4.78, 5) is 13.3. The number of hydrogen-bond donors (Lipinski definition) is 2. The molecule has 0 spiro atoms. The summed E-state index contributed by atoms with van der Waals surface area (Å²) in [7, 11) is 1.82. The largest absolute Gasteiger partial charge is 0.396 e. The van der Waals surface area contributed by atoms with Crippen LogP contribution in [-0.4, -0.2) is 31.2 Å². The van der Waals surface area contributed by atoms with Crippen molar-refractivity contribution >= 4 is 17.3 Å². The highest BCUT2D eigenvalue weighted by atomic mass is 16.3. The third-order valence-electron chi connectivity index (χ3n) is 3.62. The van der Waals surface area contributed by atoms with Crippen molar-refractivity contribution in [3.8, 4) is 0 Å². The fraction of sp³-hybridized carbons (Fsp3) is 0.533. The lowest BCUT2D eigenvalue weighted by Gasteiger charge is -2.27. The van der Waals surface area contributed by atoms with Gasteiger partial charge in [-0.25, -0.2) is 0 Å². The van der Waals surface area contributed by atoms with Gasteiger partial charge in [-0.2, -0.15) is 0 Å². The Kier molecular flexibility index (Phi) is 3.80. The lowest BCUT2D eigenvalue weighted by atomic mass is 9.94. The average molecular weight is 262 g/mol. The van der Waals surface area contributed by atoms with Crippen molar-refractivity contribution in [2.75, 3.05) is 30.4 Å². The number of benzene rings is 1. The Morgan fingerprint density at radius 2 is 2.11 bits per heavy atom. The van der Waals surface area contributed by atoms with E-state index in [1.54, 1.807) is 4.90 Å². The van der Waals surface area contributed by atoms with Crippen LogP contribution in [0.15, 0.2) is 18.2 Å². The zero-order valence-electron chi connectivity index (χ0n) is 11.9. The second-order valence-electron chi connectivity index (χ2n) is 5.97. The van der Waals surface area contributed by atoms with Crippen LogP contribution in [0.25, 0.3) is 0 Å². The van der Waals surface area contributed by atoms with E-state index in [1.165, 1.54) is 5.56 Å². The number of nitrogens with one attached hydrogen (secondary N) is 1. The highest BCUT2D eigenvalue weighted by Crippen LogP contribution is 2.29. The molecule has 2 rings (SSSR count). The number of fused-ring (bicyclic) bond motifs is 1. The Morgan fingerprint density at radius 1 is 1.37 bits per heavy atom. The zero-order chi connectivity index (χ0) is 14.0. The molecule has 2 N–H and O–H groups in total. The van der Waals surface area contributed by atoms with Crippen LogP contribution in [0.1, 0.15) is 25.8 Å². The number of rotatable bonds is 4. The van der Waals surface area contributed by atoms with E-state index in [0.29, 0.717) is 6.42 Å². The van der Waals surface area contributed by atoms with Crippen molar-refractivity contribution < 1.29 is 9.90 Å². The first-order chi connectivity index (χ1) is 8.93. The minimum Gasteiger partial charge on any atom is -0.396 e. The SMILES string of the molecule is CN1C(=O)CCc2cc(NCC(C)(C)CO)ccc21. The molecule has 0 atom stereocenters. The zero-order valence-corrected chi connectivity index (χ0v) is 11.9. The van der Waals surface area contributed by atoms with Crippen LogP contribution in [0.3, 0.4) is 0 Å². The van der Waals surface area contributed by atoms with E-state index in [0.717, 1.165) is 24.3 Å². The lowest BCUT2D eigenvalue weighted by Crippen LogP contribution is -2.31. The minimum absolute atomic E-state index is 0.136. The molecule has 0 fully saturated rings. The fourth-order valence-electron chi connectivity index (χ4n) is 2.16. The summed E-state index contributed by atoms with van der Waals surface area (Å²) in [6.07, 6.45) is 1.38. The van der Waals surface area contributed by atoms with Crippen molar-refractivity contribution in [2.24, 2.45) is 5.41 Å². The quantitative estimate of drug-likeness (QED) is 0.873. The summed E-state index contributed by atoms with van der Waals surface area (Å²) in [6, 6.07) is 6.08. The number of carbonyl (C=O) groups excluding carboxylic acids is 1. The first-order valence-electron chi connectivity index (χ1n) is 6.67. The number of carbonyl (C=O) groups is 1. The highest BCUT2D eigenvalue weighted by molar-refractivity contribution is 5.96. The van der Waals surface area contributed by atoms with Crippen LogP contribution >= 0.6 is 0 Å². The van der Waals surface area contributed by atoms with Gasteiger partial charge in [0.2, 0.25) is 5.91 Å². The number of amides is 1. The lowest BCUT2D eigenvalue weighted by molar-refractivity contribution is -0.118. The van der Waals surface area contributed by atoms with Gasteiger partial charge in [0.15, 0.2) is 0 Å². The third kappa shape index (κ3) is 3.07. The molecule has 1 heterocycles. The van der Waals surface area contributed by atoms with Gasteiger partial charge in [0.05, 0.1) is 0 Å². The summed E-state index contributed by atoms with van der Waals surface area (Å²) in [5.41, 5.74) is 3.11. The maximum atomic E-state index is 11.6. The van der Waals surface area contributed by atoms with E-state index in [2.05, 4.69) is 11.4 Å². The van der Waals surface area contributed by atoms with Crippen LogP contribution < -0.4 is 10.2 Å². The predicted molar refractivity (Wildman–Crippen MR) is 77.5 cm³/mol. The summed E-state index contributed by atoms with van der Waals surface area (Å²) < 4.78 is 0. The molecule has 4 heteroatoms. The van der Waals surface area contributed by atoms with E-state index >= 15 is 0 Å². The molecule has 1 amide bonds. The van der Waals surface area contributed by atoms with Gasteiger partial charge in [-0.3, -0.25) is 4.79 Å². The average Bonchev–Trinajstić information content (AvgIpc) is 2.41. The fourth-order valence-corrected chi connectivity index (χ4v) is 2.16. The van der Waals surface area contributed by atoms with Crippen LogP contribution in [0, 0.1) is 5.41 Å². The van der Waals surface area contributed by atoms with Crippen molar-refractivity contribution in [2.45, 2.75) is 26.7 Å². The Hall–Kier alpha value is -1.55. The van der Waals surface area contributed by atoms with E-state index in [-0.39, 0.29) is 17.9 Å². The molecule has 19 heavy (non-hydrogen) atoms. The maximum absolute atomic E-state index is 11.6. The van der Waals surface area contributed by atoms with Gasteiger partial charge in [-0.15, -0.1) is 0 Å². The number of hydrogen-bond acceptors (Lipinski definition) is 3. The van der Waals surface area contributed by atoms with Crippen molar-refractivity contribution in [3.05, 3.63) is 23.8 Å². The topological polar surface area (TPSA) is 52.6 Å². The molecule has 1 aliphatic rings. The van der Waals surface area contributed by atoms with Gasteiger partial charge >= 0.3 is 0 Å². The molecule has 104 valence electrons. The van der Waals surface area contributed by atoms with Crippen LogP contribution in [0.5, 0.6) is 0 Å². The number of aryl methyl sites for hydroxylation is 1. The summed E-state index contributed by atoms with van der Waals surface area (Å²) in [6.45, 7) is 4.91. The Balaban J connectivity index is 2.12. The monoisotopic (exact) mass is 262 g/mol. The molecule has 0 aromatic heterocycles. The van der Waals surface area contributed by atoms with E-state index < -0.39 is 0 Å². The van der Waals surface area contributed by atoms with E-state index in [4.69, 9.17) is 0 Å². The molecule has 0 saturated carbocycles. The standard InChI is InChI=1S/C15H22N2O2/c1-15(2,10-18)9-16-12-5-6-13-11(8-12)4-7-14(19)17(13)3/h5-6,8,16,18H,4,7,9-10H2,1-3H3. The van der Waals surface area contributed by atoms with Gasteiger partial charge in [-0.05, 0) is 30.2 Å². The van der Waals surface area contributed by atoms with Gasteiger partial charge < -0.3 is 15.3 Å². The Bertz CT molecular complexity index is 483. The third-order valence-corrected chi connectivity index (χ3v) is 3.62. The molecule has 0 unspecified atom stereocenters. The first-order valence-corrected chi connectivity index (χ1v) is 6.67. The molecule has 0 saturated heterocycles. The number of aliphatic hydroxyl groups is 1. The molecule has 0 radical (unpaired) electrons. The molecule has 4 nitrogen and oxygen atoms in total. The molecular weight excluding hydrogens is 240 g/mol. The summed E-state index contributed by atoms with van der Waals surface area (Å²) >= 11 is 0. The van der Waals surface area contributed by atoms with Gasteiger partial charge in [-0.1, -0.05) is 13.8 Å². The van der Waals surface area contributed by atoms with Gasteiger partial charge in [0, 0.05) is 43.4 Å². The first kappa shape index (κ1) is 13.9. The molecule has 1 aliphatic heterocycles. The van der Waals surface area contributed by atoms with Gasteiger partial charge in [0.1, 0.15) is 0 Å². The second kappa shape index (κ2) is 5.21. The van der Waals surface area contributed by atoms with E-state index in [9.17, 15) is 9.90 Å². The van der Waals surface area contributed by atoms with Crippen molar-refractivity contribution in [1.82, 2.24) is 0 Å². The molecule has 0 aliphatic carbocycles. The number of anilines is 2. The van der Waals surface area contributed by atoms with Crippen molar-refractivity contribution in [1.29, 1.82) is 0 Å². The van der Waals surface area contributed by atoms with E-state index in [1.807, 2.05) is 33.0 Å². The summed E-state index contributed by atoms with van der Waals surface area (Å²) in [5, 5.41) is 12.6. The molecule has 0 bridgehead atoms. The van der Waals surface area contributed by atoms with Crippen LogP contribution in [0.4, 0.5) is 11.4 Å². The molecular formula is C15H22N2O2. The Morgan fingerprint density at radius 3 is 2.79 bits per heavy atom. The highest BCUT2D eigenvalue weighted by Gasteiger charge is 2.21. The number of aliphatic hydroxyl groups excluding tert-OH is 1. The minimum atomic E-state index is -0.136. The maximum Gasteiger partial charge on any atom is 0.227 e. The molecule has 1 aromatic carbocycles. The van der Waals surface area contributed by atoms with Crippen LogP contribution in [-0.2, 0) is 11.2 Å². The predicted octanol–water partition coefficient (Wildman–Crippen LogP) is 2.03. The van der Waals surface area contributed by atoms with Crippen molar-refractivity contribution in [3.63, 3.8) is 0 Å². The normalized spacial score (nSPS) is 15.4. The smallest absolute Gasteiger partial charge is 0.227 e. The number of nitrogens with zero attached hydrogens (tertiary/aromatic N) is 1. The second-order valence-corrected chi connectivity index (χ2v) is 5.97. The van der Waals surface area contributed by atoms with Crippen LogP contribution in [0.2, 0.25) is 0 Å². The summed E-state index contributed by atoms with van der Waals surface area (Å²) in [5.74, 6) is 0.176. The Labute approximate surface area is 114 Å². The molecule has 1 aromatic rings. The van der Waals surface area contributed by atoms with Gasteiger partial charge in [0.25, 0.3) is 0 Å².